The van der Waals surface area contributed by atoms with Crippen LogP contribution < -0.4 is 0 Å². The van der Waals surface area contributed by atoms with E-state index < -0.39 is 0 Å². The van der Waals surface area contributed by atoms with Crippen LogP contribution in [-0.2, 0) is 6.42 Å². The summed E-state index contributed by atoms with van der Waals surface area (Å²) in [6.07, 6.45) is 5.49. The number of rotatable bonds is 8. The molecule has 1 heterocycles. The topological polar surface area (TPSA) is 53.8 Å². The molecule has 1 aromatic carbocycles. The van der Waals surface area contributed by atoms with Gasteiger partial charge in [-0.15, -0.1) is 0 Å². The van der Waals surface area contributed by atoms with E-state index in [2.05, 4.69) is 17.1 Å². The number of aliphatic hydroxyl groups is 1. The van der Waals surface area contributed by atoms with E-state index >= 15 is 0 Å². The third-order valence-electron chi connectivity index (χ3n) is 3.60. The van der Waals surface area contributed by atoms with Crippen molar-refractivity contribution in [3.8, 4) is 5.69 Å². The van der Waals surface area contributed by atoms with Gasteiger partial charge in [0.1, 0.15) is 5.82 Å². The number of aromatic nitrogens is 3. The van der Waals surface area contributed by atoms with E-state index in [1.54, 1.807) is 0 Å². The largest absolute Gasteiger partial charge is 0.393 e. The molecule has 0 aliphatic rings. The van der Waals surface area contributed by atoms with E-state index in [0.717, 1.165) is 37.2 Å². The third kappa shape index (κ3) is 4.51. The molecule has 0 amide bonds. The first-order chi connectivity index (χ1) is 10.2. The minimum atomic E-state index is -0.258. The Morgan fingerprint density at radius 3 is 2.71 bits per heavy atom. The van der Waals surface area contributed by atoms with Gasteiger partial charge < -0.3 is 5.11 Å². The lowest BCUT2D eigenvalue weighted by Crippen LogP contribution is -2.10. The first-order valence-corrected chi connectivity index (χ1v) is 8.03. The van der Waals surface area contributed by atoms with Crippen molar-refractivity contribution in [1.82, 2.24) is 14.8 Å². The molecule has 0 fully saturated rings. The second kappa shape index (κ2) is 8.10. The Morgan fingerprint density at radius 1 is 1.24 bits per heavy atom. The molecule has 0 aliphatic carbocycles. The SMILES string of the molecule is CCCCC[C@@H](O)CCc1n[nH]c(=S)n1-c1ccccc1. The lowest BCUT2D eigenvalue weighted by Gasteiger charge is -2.11. The maximum Gasteiger partial charge on any atom is 0.199 e. The van der Waals surface area contributed by atoms with E-state index in [4.69, 9.17) is 12.2 Å². The zero-order valence-corrected chi connectivity index (χ0v) is 13.3. The quantitative estimate of drug-likeness (QED) is 0.576. The highest BCUT2D eigenvalue weighted by Gasteiger charge is 2.11. The Balaban J connectivity index is 2.00. The molecule has 0 aliphatic heterocycles. The summed E-state index contributed by atoms with van der Waals surface area (Å²) in [7, 11) is 0. The number of nitrogens with zero attached hydrogens (tertiary/aromatic N) is 2. The van der Waals surface area contributed by atoms with Crippen molar-refractivity contribution in [3.63, 3.8) is 0 Å². The first-order valence-electron chi connectivity index (χ1n) is 7.62. The molecular formula is C16H23N3OS. The average molecular weight is 305 g/mol. The fraction of sp³-hybridized carbons (Fsp3) is 0.500. The van der Waals surface area contributed by atoms with Gasteiger partial charge in [-0.2, -0.15) is 5.10 Å². The Hall–Kier alpha value is -1.46. The van der Waals surface area contributed by atoms with Gasteiger partial charge in [-0.1, -0.05) is 44.4 Å². The molecule has 5 heteroatoms. The Bertz CT molecular complexity index is 591. The van der Waals surface area contributed by atoms with Gasteiger partial charge in [0.05, 0.1) is 6.10 Å². The maximum atomic E-state index is 10.0. The van der Waals surface area contributed by atoms with Crippen molar-refractivity contribution in [3.05, 3.63) is 40.9 Å². The van der Waals surface area contributed by atoms with E-state index in [0.29, 0.717) is 4.77 Å². The minimum absolute atomic E-state index is 0.258. The summed E-state index contributed by atoms with van der Waals surface area (Å²) in [5.74, 6) is 0.876. The summed E-state index contributed by atoms with van der Waals surface area (Å²) < 4.78 is 2.53. The van der Waals surface area contributed by atoms with Gasteiger partial charge in [0.2, 0.25) is 0 Å². The van der Waals surface area contributed by atoms with Gasteiger partial charge in [0, 0.05) is 12.1 Å². The van der Waals surface area contributed by atoms with Crippen molar-refractivity contribution < 1.29 is 5.11 Å². The molecule has 1 atom stereocenters. The van der Waals surface area contributed by atoms with Crippen LogP contribution in [0.2, 0.25) is 0 Å². The normalized spacial score (nSPS) is 12.5. The molecule has 0 saturated heterocycles. The van der Waals surface area contributed by atoms with Crippen LogP contribution in [0.1, 0.15) is 44.9 Å². The molecule has 114 valence electrons. The lowest BCUT2D eigenvalue weighted by atomic mass is 10.1. The van der Waals surface area contributed by atoms with Gasteiger partial charge in [-0.05, 0) is 37.2 Å². The summed E-state index contributed by atoms with van der Waals surface area (Å²) in [5.41, 5.74) is 1.01. The van der Waals surface area contributed by atoms with Crippen molar-refractivity contribution in [2.75, 3.05) is 0 Å². The fourth-order valence-electron chi connectivity index (χ4n) is 2.41. The Morgan fingerprint density at radius 2 is 2.00 bits per heavy atom. The number of hydrogen-bond donors (Lipinski definition) is 2. The van der Waals surface area contributed by atoms with Gasteiger partial charge in [-0.25, -0.2) is 0 Å². The predicted octanol–water partition coefficient (Wildman–Crippen LogP) is 3.80. The smallest absolute Gasteiger partial charge is 0.199 e. The van der Waals surface area contributed by atoms with Crippen LogP contribution in [0.3, 0.4) is 0 Å². The van der Waals surface area contributed by atoms with Crippen LogP contribution in [0, 0.1) is 4.77 Å². The number of para-hydroxylation sites is 1. The zero-order chi connectivity index (χ0) is 15.1. The molecular weight excluding hydrogens is 282 g/mol. The number of unbranched alkanes of at least 4 members (excludes halogenated alkanes) is 2. The van der Waals surface area contributed by atoms with Gasteiger partial charge in [-0.3, -0.25) is 9.67 Å². The third-order valence-corrected chi connectivity index (χ3v) is 3.87. The van der Waals surface area contributed by atoms with Gasteiger partial charge >= 0.3 is 0 Å². The number of aryl methyl sites for hydroxylation is 1. The monoisotopic (exact) mass is 305 g/mol. The number of hydrogen-bond acceptors (Lipinski definition) is 3. The van der Waals surface area contributed by atoms with E-state index in [1.165, 1.54) is 12.8 Å². The van der Waals surface area contributed by atoms with Crippen LogP contribution in [0.4, 0.5) is 0 Å². The number of benzene rings is 1. The highest BCUT2D eigenvalue weighted by Crippen LogP contribution is 2.14. The molecule has 0 saturated carbocycles. The van der Waals surface area contributed by atoms with Gasteiger partial charge in [0.25, 0.3) is 0 Å². The molecule has 0 bridgehead atoms. The predicted molar refractivity (Wildman–Crippen MR) is 87.2 cm³/mol. The summed E-state index contributed by atoms with van der Waals surface area (Å²) >= 11 is 5.30. The summed E-state index contributed by atoms with van der Waals surface area (Å²) in [4.78, 5) is 0. The van der Waals surface area contributed by atoms with Crippen LogP contribution >= 0.6 is 12.2 Å². The maximum absolute atomic E-state index is 10.0. The number of aromatic amines is 1. The molecule has 0 radical (unpaired) electrons. The molecule has 2 N–H and O–H groups in total. The highest BCUT2D eigenvalue weighted by atomic mass is 32.1. The van der Waals surface area contributed by atoms with E-state index in [9.17, 15) is 5.11 Å². The molecule has 4 nitrogen and oxygen atoms in total. The Labute approximate surface area is 130 Å². The van der Waals surface area contributed by atoms with E-state index in [-0.39, 0.29) is 6.10 Å². The summed E-state index contributed by atoms with van der Waals surface area (Å²) in [6.45, 7) is 2.17. The number of nitrogens with one attached hydrogen (secondary N) is 1. The van der Waals surface area contributed by atoms with Crippen LogP contribution in [0.15, 0.2) is 30.3 Å². The average Bonchev–Trinajstić information content (AvgIpc) is 2.87. The summed E-state index contributed by atoms with van der Waals surface area (Å²) in [5, 5.41) is 17.2. The van der Waals surface area contributed by atoms with Crippen molar-refractivity contribution >= 4 is 12.2 Å². The lowest BCUT2D eigenvalue weighted by molar-refractivity contribution is 0.150. The molecule has 0 unspecified atom stereocenters. The number of H-pyrrole nitrogens is 1. The van der Waals surface area contributed by atoms with Crippen LogP contribution in [0.25, 0.3) is 5.69 Å². The fourth-order valence-corrected chi connectivity index (χ4v) is 2.67. The Kier molecular flexibility index (Phi) is 6.14. The van der Waals surface area contributed by atoms with Crippen molar-refractivity contribution in [2.24, 2.45) is 0 Å². The molecule has 2 rings (SSSR count). The molecule has 21 heavy (non-hydrogen) atoms. The molecule has 1 aromatic heterocycles. The minimum Gasteiger partial charge on any atom is -0.393 e. The second-order valence-electron chi connectivity index (χ2n) is 5.30. The molecule has 2 aromatic rings. The second-order valence-corrected chi connectivity index (χ2v) is 5.69. The zero-order valence-electron chi connectivity index (χ0n) is 12.5. The standard InChI is InChI=1S/C16H23N3OS/c1-2-3-5-10-14(20)11-12-15-17-18-16(21)19(15)13-8-6-4-7-9-13/h4,6-9,14,20H,2-3,5,10-12H2,1H3,(H,18,21)/t14-/m1/s1. The summed E-state index contributed by atoms with van der Waals surface area (Å²) in [6, 6.07) is 9.95. The highest BCUT2D eigenvalue weighted by molar-refractivity contribution is 7.71. The van der Waals surface area contributed by atoms with E-state index in [1.807, 2.05) is 34.9 Å². The number of aliphatic hydroxyl groups excluding tert-OH is 1. The molecule has 0 spiro atoms. The van der Waals surface area contributed by atoms with Crippen LogP contribution in [0.5, 0.6) is 0 Å². The van der Waals surface area contributed by atoms with Crippen molar-refractivity contribution in [1.29, 1.82) is 0 Å². The van der Waals surface area contributed by atoms with Crippen LogP contribution in [-0.4, -0.2) is 26.0 Å². The van der Waals surface area contributed by atoms with Gasteiger partial charge in [0.15, 0.2) is 4.77 Å². The van der Waals surface area contributed by atoms with Crippen molar-refractivity contribution in [2.45, 2.75) is 51.6 Å². The first kappa shape index (κ1) is 15.9.